The van der Waals surface area contributed by atoms with E-state index in [1.165, 1.54) is 111 Å². The van der Waals surface area contributed by atoms with E-state index in [2.05, 4.69) is 288 Å². The van der Waals surface area contributed by atoms with Gasteiger partial charge in [-0.05, 0) is 144 Å². The summed E-state index contributed by atoms with van der Waals surface area (Å²) >= 11 is 0. The Morgan fingerprint density at radius 2 is 0.714 bits per heavy atom. The van der Waals surface area contributed by atoms with Crippen LogP contribution < -0.4 is 0 Å². The molecular weight excluding hydrogens is 1510 g/mol. The Kier molecular flexibility index (Phi) is 68.0. The highest BCUT2D eigenvalue weighted by atomic mass is 28.3. The fourth-order valence-electron chi connectivity index (χ4n) is 9.23. The van der Waals surface area contributed by atoms with Crippen LogP contribution in [0.3, 0.4) is 0 Å². The van der Waals surface area contributed by atoms with Crippen molar-refractivity contribution in [2.75, 3.05) is 19.8 Å². The molecule has 0 radical (unpaired) electrons. The molecule has 9 rings (SSSR count). The van der Waals surface area contributed by atoms with E-state index in [1.54, 1.807) is 0 Å². The summed E-state index contributed by atoms with van der Waals surface area (Å²) in [6, 6.07) is 77.9. The maximum Gasteiger partial charge on any atom is 0.303 e. The van der Waals surface area contributed by atoms with Crippen LogP contribution in [-0.2, 0) is 83.9 Å². The zero-order chi connectivity index (χ0) is 92.3. The minimum atomic E-state index is -0.859. The van der Waals surface area contributed by atoms with Gasteiger partial charge in [-0.15, -0.1) is 6.58 Å². The van der Waals surface area contributed by atoms with Gasteiger partial charge in [0.1, 0.15) is 31.2 Å². The Labute approximate surface area is 728 Å². The van der Waals surface area contributed by atoms with Gasteiger partial charge in [0.25, 0.3) is 0 Å². The number of aliphatic hydroxyl groups is 1. The predicted molar refractivity (Wildman–Crippen MR) is 515 cm³/mol. The molecule has 0 amide bonds. The predicted octanol–water partition coefficient (Wildman–Crippen LogP) is 27.4. The molecule has 660 valence electrons. The molecule has 0 saturated heterocycles. The first kappa shape index (κ1) is 118. The summed E-state index contributed by atoms with van der Waals surface area (Å²) in [5, 5.41) is 9.76. The number of fused-ring (bicyclic) bond motifs is 3. The number of hydrogen-bond acceptors (Lipinski definition) is 12. The number of rotatable bonds is 16. The third kappa shape index (κ3) is 67.2. The summed E-state index contributed by atoms with van der Waals surface area (Å²) in [6.07, 6.45) is 7.94. The second kappa shape index (κ2) is 68.4. The summed E-state index contributed by atoms with van der Waals surface area (Å²) < 4.78 is 24.1. The lowest BCUT2D eigenvalue weighted by Gasteiger charge is -2.32. The van der Waals surface area contributed by atoms with Crippen LogP contribution in [0.1, 0.15) is 263 Å². The molecule has 0 heterocycles. The van der Waals surface area contributed by atoms with E-state index in [9.17, 15) is 28.8 Å². The van der Waals surface area contributed by atoms with Crippen LogP contribution in [0.25, 0.3) is 11.1 Å². The molecule has 8 aromatic carbocycles. The zero-order valence-corrected chi connectivity index (χ0v) is 82.1. The van der Waals surface area contributed by atoms with Crippen molar-refractivity contribution >= 4 is 53.2 Å². The Hall–Kier alpha value is -9.35. The van der Waals surface area contributed by atoms with Crippen LogP contribution in [0, 0.1) is 5.41 Å². The van der Waals surface area contributed by atoms with E-state index >= 15 is 0 Å². The summed E-state index contributed by atoms with van der Waals surface area (Å²) in [5.41, 5.74) is 13.7. The minimum Gasteiger partial charge on any atom is -0.466 e. The standard InChI is InChI=1S/C20H18.C16H14O2.C9H10O2.C9H12O.C8H18O2Si.C8H10.C7H18Si.C6H12O2.C5H8O2.C5H12.C4H8.C3H6O.C3H8.C2H6/c1-20(17-11-5-2-6-12-17,18-13-7-3-8-14-18)19-15-9-4-10-16-19;1-11(17)18-10-16-14-8-4-2-6-12(14)13-7-3-5-9-15(13)16;1-8(10)11-7-9-5-3-2-4-6-9;1-2-8-3-5-9(7-10)6-4-8;1-7(9)10-5-6-11-8(2,3)4;1-2-8-6-4-3-5-7-8;1-7(2,3)8(4,5)6;1-5(7)8-6(2,3)4;1-3-4-7-5(2)6;1-5(2,3)4;1-3-4-2;1-3(2)4;1-3-2;1-2/h2-16H,1H3;2-9,16H,10H2,1H3;2-6H,7H2,1H3;3-6,10H,2,7H2,1H3;5-6,11H2,1-4H3;3-7H,2H2,1H3;1-6H3;1-4H3;3H,1,4H2,2H3;1-4H3;3H,1,4H2,2H3;1-2H3;3H2,1-2H3;1-2H3. The lowest BCUT2D eigenvalue weighted by molar-refractivity contribution is -0.152. The summed E-state index contributed by atoms with van der Waals surface area (Å²) in [5.74, 6) is -0.780. The molecule has 119 heavy (non-hydrogen) atoms. The first-order valence-corrected chi connectivity index (χ1v) is 47.3. The number of Topliss-reactive ketones (excluding diaryl/α,β-unsaturated/α-hetero) is 1. The number of benzene rings is 8. The highest BCUT2D eigenvalue weighted by Crippen LogP contribution is 2.45. The van der Waals surface area contributed by atoms with E-state index in [1.807, 2.05) is 126 Å². The molecule has 0 fully saturated rings. The second-order valence-corrected chi connectivity index (χ2v) is 43.1. The molecular formula is C105H160O12Si2. The minimum absolute atomic E-state index is 0.0706. The van der Waals surface area contributed by atoms with Crippen molar-refractivity contribution in [1.29, 1.82) is 0 Å². The number of carbonyl (C=O) groups is 6. The van der Waals surface area contributed by atoms with Crippen molar-refractivity contribution in [2.24, 2.45) is 5.41 Å². The second-order valence-electron chi connectivity index (χ2n) is 33.8. The quantitative estimate of drug-likeness (QED) is 0.0243. The van der Waals surface area contributed by atoms with Crippen molar-refractivity contribution < 1.29 is 57.6 Å². The maximum atomic E-state index is 11.0. The summed E-state index contributed by atoms with van der Waals surface area (Å²) in [6.45, 7) is 71.0. The van der Waals surface area contributed by atoms with Crippen molar-refractivity contribution in [3.05, 3.63) is 300 Å². The SMILES string of the molecule is C=CCC.C=CCOC(C)=O.CC.CC(=O)OC(C)(C)C.CC(=O)OCC1c2ccccc2-c2ccccc21.CC(=O)OCC[SiH2]C(C)(C)C.CC(=O)OCc1ccccc1.CC(C)(C)C.CC(C)(C)[Si](C)(C)C.CC(C)=O.CC(c1ccccc1)(c1ccccc1)c1ccccc1.CCC.CCc1ccc(CO)cc1.CCc1ccccc1. The van der Waals surface area contributed by atoms with Crippen LogP contribution in [0.15, 0.2) is 250 Å². The lowest BCUT2D eigenvalue weighted by Crippen LogP contribution is -2.32. The molecule has 0 saturated carbocycles. The molecule has 0 bridgehead atoms. The average molecular weight is 1670 g/mol. The zero-order valence-electron chi connectivity index (χ0n) is 79.7. The van der Waals surface area contributed by atoms with E-state index < -0.39 is 8.07 Å². The van der Waals surface area contributed by atoms with Crippen molar-refractivity contribution in [3.63, 3.8) is 0 Å². The first-order chi connectivity index (χ1) is 55.6. The van der Waals surface area contributed by atoms with Gasteiger partial charge >= 0.3 is 29.8 Å². The number of carbonyl (C=O) groups excluding carboxylic acids is 6. The number of ether oxygens (including phenoxy) is 5. The molecule has 1 N–H and O–H groups in total. The van der Waals surface area contributed by atoms with E-state index in [0.717, 1.165) is 36.4 Å². The van der Waals surface area contributed by atoms with Gasteiger partial charge in [-0.3, -0.25) is 24.0 Å². The van der Waals surface area contributed by atoms with Crippen LogP contribution in [-0.4, -0.2) is 83.8 Å². The molecule has 12 nitrogen and oxygen atoms in total. The Bertz CT molecular complexity index is 3690. The fourth-order valence-corrected chi connectivity index (χ4v) is 10.6. The Balaban J connectivity index is -0.000000407. The van der Waals surface area contributed by atoms with Gasteiger partial charge in [0.2, 0.25) is 0 Å². The maximum absolute atomic E-state index is 11.0. The number of aryl methyl sites for hydroxylation is 2. The molecule has 0 aliphatic heterocycles. The summed E-state index contributed by atoms with van der Waals surface area (Å²) in [7, 11) is -0.929. The Morgan fingerprint density at radius 1 is 0.420 bits per heavy atom. The van der Waals surface area contributed by atoms with E-state index in [4.69, 9.17) is 24.1 Å². The van der Waals surface area contributed by atoms with E-state index in [-0.39, 0.29) is 68.7 Å². The van der Waals surface area contributed by atoms with Crippen molar-refractivity contribution in [3.8, 4) is 11.1 Å². The van der Waals surface area contributed by atoms with Crippen molar-refractivity contribution in [2.45, 2.75) is 285 Å². The van der Waals surface area contributed by atoms with Crippen molar-refractivity contribution in [1.82, 2.24) is 0 Å². The highest BCUT2D eigenvalue weighted by molar-refractivity contribution is 6.78. The monoisotopic (exact) mass is 1670 g/mol. The summed E-state index contributed by atoms with van der Waals surface area (Å²) in [4.78, 5) is 61.4. The molecule has 0 spiro atoms. The number of aliphatic hydroxyl groups excluding tert-OH is 1. The first-order valence-electron chi connectivity index (χ1n) is 42.1. The molecule has 1 aliphatic rings. The average Bonchev–Trinajstić information content (AvgIpc) is 1.76. The molecule has 0 unspecified atom stereocenters. The molecule has 8 aromatic rings. The van der Waals surface area contributed by atoms with Gasteiger partial charge in [-0.1, -0.05) is 387 Å². The van der Waals surface area contributed by atoms with Gasteiger partial charge in [0, 0.05) is 63.5 Å². The van der Waals surface area contributed by atoms with Gasteiger partial charge in [0.05, 0.1) is 13.2 Å². The third-order valence-corrected chi connectivity index (χ3v) is 23.0. The largest absolute Gasteiger partial charge is 0.466 e. The topological polar surface area (TPSA) is 169 Å². The molecule has 14 heteroatoms. The van der Waals surface area contributed by atoms with E-state index in [0.29, 0.717) is 41.9 Å². The van der Waals surface area contributed by atoms with Gasteiger partial charge in [-0.2, -0.15) is 0 Å². The van der Waals surface area contributed by atoms with Gasteiger partial charge < -0.3 is 33.6 Å². The van der Waals surface area contributed by atoms with Crippen LogP contribution in [0.2, 0.25) is 35.8 Å². The van der Waals surface area contributed by atoms with Gasteiger partial charge in [-0.25, -0.2) is 0 Å². The fraction of sp³-hybridized carbons (Fsp3) is 0.448. The number of ketones is 1. The molecule has 1 aliphatic carbocycles. The normalized spacial score (nSPS) is 10.6. The number of esters is 5. The lowest BCUT2D eigenvalue weighted by atomic mass is 9.71. The number of hydrogen-bond donors (Lipinski definition) is 1. The molecule has 0 atom stereocenters. The van der Waals surface area contributed by atoms with Crippen LogP contribution >= 0.6 is 0 Å². The van der Waals surface area contributed by atoms with Crippen LogP contribution in [0.5, 0.6) is 0 Å². The van der Waals surface area contributed by atoms with Crippen LogP contribution in [0.4, 0.5) is 0 Å². The molecule has 0 aromatic heterocycles. The highest BCUT2D eigenvalue weighted by Gasteiger charge is 2.32. The van der Waals surface area contributed by atoms with Gasteiger partial charge in [0.15, 0.2) is 0 Å². The third-order valence-electron chi connectivity index (χ3n) is 16.4. The smallest absolute Gasteiger partial charge is 0.303 e. The number of allylic oxidation sites excluding steroid dienone is 1. The Morgan fingerprint density at radius 3 is 0.958 bits per heavy atom.